The zero-order valence-electron chi connectivity index (χ0n) is 19.5. The summed E-state index contributed by atoms with van der Waals surface area (Å²) in [5.74, 6) is -0.374. The van der Waals surface area contributed by atoms with Gasteiger partial charge < -0.3 is 19.7 Å². The van der Waals surface area contributed by atoms with Gasteiger partial charge in [0.05, 0.1) is 49.0 Å². The number of aryl methyl sites for hydroxylation is 1. The quantitative estimate of drug-likeness (QED) is 0.528. The lowest BCUT2D eigenvalue weighted by atomic mass is 10.00. The zero-order chi connectivity index (χ0) is 26.2. The van der Waals surface area contributed by atoms with Crippen molar-refractivity contribution in [3.05, 3.63) is 70.0 Å². The van der Waals surface area contributed by atoms with Crippen molar-refractivity contribution in [2.45, 2.75) is 18.6 Å². The molecule has 0 saturated carbocycles. The van der Waals surface area contributed by atoms with E-state index in [0.717, 1.165) is 12.1 Å². The number of anilines is 1. The molecule has 4 rings (SSSR count). The second kappa shape index (κ2) is 9.73. The average molecular weight is 523 g/mol. The maximum Gasteiger partial charge on any atom is 0.417 e. The minimum absolute atomic E-state index is 0.130. The van der Waals surface area contributed by atoms with Crippen molar-refractivity contribution in [3.63, 3.8) is 0 Å². The van der Waals surface area contributed by atoms with Crippen molar-refractivity contribution < 1.29 is 32.2 Å². The third-order valence-electron chi connectivity index (χ3n) is 5.94. The standard InChI is InChI=1S/C24H22ClF3N4O4/c1-31-21-17(30-22(33)15-6-5-14(25)11-16(15)24(26,27)28)8-9-32(18(21)12-29-31)23(34)13-4-7-19(35-2)20(10-13)36-3/h4-7,10-12,17H,8-9H2,1-3H3,(H,30,33). The molecule has 12 heteroatoms. The Morgan fingerprint density at radius 2 is 1.83 bits per heavy atom. The predicted octanol–water partition coefficient (Wildman–Crippen LogP) is 4.63. The smallest absolute Gasteiger partial charge is 0.417 e. The van der Waals surface area contributed by atoms with Crippen molar-refractivity contribution in [2.24, 2.45) is 7.05 Å². The van der Waals surface area contributed by atoms with Crippen LogP contribution in [0, 0.1) is 0 Å². The van der Waals surface area contributed by atoms with Crippen LogP contribution in [-0.2, 0) is 13.2 Å². The summed E-state index contributed by atoms with van der Waals surface area (Å²) in [4.78, 5) is 27.8. The molecule has 1 unspecified atom stereocenters. The number of nitrogens with one attached hydrogen (secondary N) is 1. The molecule has 2 amide bonds. The van der Waals surface area contributed by atoms with Crippen LogP contribution in [-0.4, -0.2) is 42.4 Å². The first-order chi connectivity index (χ1) is 17.0. The highest BCUT2D eigenvalue weighted by molar-refractivity contribution is 6.30. The highest BCUT2D eigenvalue weighted by atomic mass is 35.5. The molecule has 0 spiro atoms. The fourth-order valence-corrected chi connectivity index (χ4v) is 4.40. The molecule has 1 aromatic heterocycles. The van der Waals surface area contributed by atoms with Gasteiger partial charge in [-0.25, -0.2) is 0 Å². The molecular weight excluding hydrogens is 501 g/mol. The number of hydrogen-bond acceptors (Lipinski definition) is 5. The first kappa shape index (κ1) is 25.4. The molecule has 1 aliphatic heterocycles. The Bertz CT molecular complexity index is 1330. The third-order valence-corrected chi connectivity index (χ3v) is 6.17. The number of halogens is 4. The summed E-state index contributed by atoms with van der Waals surface area (Å²) < 4.78 is 52.5. The number of benzene rings is 2. The molecule has 0 fully saturated rings. The number of hydrogen-bond donors (Lipinski definition) is 1. The van der Waals surface area contributed by atoms with Crippen LogP contribution >= 0.6 is 11.6 Å². The molecule has 2 aromatic carbocycles. The van der Waals surface area contributed by atoms with Gasteiger partial charge in [0, 0.05) is 24.2 Å². The minimum atomic E-state index is -4.76. The molecule has 0 saturated heterocycles. The summed E-state index contributed by atoms with van der Waals surface area (Å²) in [6.45, 7) is 0.198. The number of amides is 2. The van der Waals surface area contributed by atoms with E-state index in [-0.39, 0.29) is 23.9 Å². The van der Waals surface area contributed by atoms with Crippen molar-refractivity contribution in [1.82, 2.24) is 15.1 Å². The third kappa shape index (κ3) is 4.70. The van der Waals surface area contributed by atoms with Crippen LogP contribution in [0.1, 0.15) is 44.4 Å². The van der Waals surface area contributed by atoms with Gasteiger partial charge in [-0.2, -0.15) is 18.3 Å². The van der Waals surface area contributed by atoms with Gasteiger partial charge in [0.2, 0.25) is 0 Å². The summed E-state index contributed by atoms with van der Waals surface area (Å²) >= 11 is 5.73. The predicted molar refractivity (Wildman–Crippen MR) is 126 cm³/mol. The molecule has 0 aliphatic carbocycles. The van der Waals surface area contributed by atoms with Crippen LogP contribution in [0.5, 0.6) is 11.5 Å². The molecule has 0 radical (unpaired) electrons. The van der Waals surface area contributed by atoms with Crippen molar-refractivity contribution >= 4 is 29.1 Å². The SMILES string of the molecule is COc1ccc(C(=O)N2CCC(NC(=O)c3ccc(Cl)cc3C(F)(F)F)c3c2cnn3C)cc1OC. The summed E-state index contributed by atoms with van der Waals surface area (Å²) in [5.41, 5.74) is -0.383. The molecule has 1 aliphatic rings. The highest BCUT2D eigenvalue weighted by Gasteiger charge is 2.38. The van der Waals surface area contributed by atoms with E-state index < -0.39 is 29.3 Å². The van der Waals surface area contributed by atoms with Crippen molar-refractivity contribution in [3.8, 4) is 11.5 Å². The maximum atomic E-state index is 13.5. The van der Waals surface area contributed by atoms with Gasteiger partial charge in [-0.3, -0.25) is 14.3 Å². The van der Waals surface area contributed by atoms with Crippen LogP contribution in [0.2, 0.25) is 5.02 Å². The van der Waals surface area contributed by atoms with Crippen LogP contribution < -0.4 is 19.7 Å². The second-order valence-electron chi connectivity index (χ2n) is 8.07. The average Bonchev–Trinajstić information content (AvgIpc) is 3.24. The van der Waals surface area contributed by atoms with Crippen LogP contribution in [0.4, 0.5) is 18.9 Å². The number of ether oxygens (including phenoxy) is 2. The maximum absolute atomic E-state index is 13.5. The summed E-state index contributed by atoms with van der Waals surface area (Å²) in [6.07, 6.45) is -3.02. The number of rotatable bonds is 5. The molecule has 1 N–H and O–H groups in total. The van der Waals surface area contributed by atoms with Crippen LogP contribution in [0.25, 0.3) is 0 Å². The largest absolute Gasteiger partial charge is 0.493 e. The van der Waals surface area contributed by atoms with Crippen LogP contribution in [0.15, 0.2) is 42.6 Å². The fourth-order valence-electron chi connectivity index (χ4n) is 4.22. The van der Waals surface area contributed by atoms with Gasteiger partial charge >= 0.3 is 6.18 Å². The lowest BCUT2D eigenvalue weighted by molar-refractivity contribution is -0.137. The topological polar surface area (TPSA) is 85.7 Å². The van der Waals surface area contributed by atoms with Gasteiger partial charge in [0.1, 0.15) is 0 Å². The monoisotopic (exact) mass is 522 g/mol. The number of fused-ring (bicyclic) bond motifs is 1. The van der Waals surface area contributed by atoms with Gasteiger partial charge in [0.25, 0.3) is 11.8 Å². The lowest BCUT2D eigenvalue weighted by Gasteiger charge is -2.33. The fraction of sp³-hybridized carbons (Fsp3) is 0.292. The Labute approximate surface area is 209 Å². The van der Waals surface area contributed by atoms with E-state index in [9.17, 15) is 22.8 Å². The van der Waals surface area contributed by atoms with Gasteiger partial charge in [0.15, 0.2) is 11.5 Å². The number of carbonyl (C=O) groups is 2. The number of carbonyl (C=O) groups excluding carboxylic acids is 2. The Balaban J connectivity index is 1.62. The minimum Gasteiger partial charge on any atom is -0.493 e. The Hall–Kier alpha value is -3.73. The molecule has 0 bridgehead atoms. The van der Waals surface area contributed by atoms with Crippen molar-refractivity contribution in [1.29, 1.82) is 0 Å². The van der Waals surface area contributed by atoms with E-state index in [1.165, 1.54) is 36.1 Å². The molecule has 3 aromatic rings. The number of nitrogens with zero attached hydrogens (tertiary/aromatic N) is 3. The highest BCUT2D eigenvalue weighted by Crippen LogP contribution is 2.37. The molecule has 1 atom stereocenters. The number of alkyl halides is 3. The zero-order valence-corrected chi connectivity index (χ0v) is 20.3. The van der Waals surface area contributed by atoms with Gasteiger partial charge in [-0.15, -0.1) is 0 Å². The molecule has 2 heterocycles. The van der Waals surface area contributed by atoms with Crippen molar-refractivity contribution in [2.75, 3.05) is 25.7 Å². The Morgan fingerprint density at radius 1 is 1.11 bits per heavy atom. The van der Waals surface area contributed by atoms with E-state index in [1.54, 1.807) is 25.2 Å². The van der Waals surface area contributed by atoms with E-state index in [4.69, 9.17) is 21.1 Å². The molecule has 190 valence electrons. The normalized spacial score (nSPS) is 15.3. The molecular formula is C24H22ClF3N4O4. The van der Waals surface area contributed by atoms with Gasteiger partial charge in [-0.05, 0) is 42.8 Å². The second-order valence-corrected chi connectivity index (χ2v) is 8.50. The van der Waals surface area contributed by atoms with E-state index >= 15 is 0 Å². The Kier molecular flexibility index (Phi) is 6.85. The van der Waals surface area contributed by atoms with E-state index in [2.05, 4.69) is 10.4 Å². The van der Waals surface area contributed by atoms with E-state index in [0.29, 0.717) is 28.4 Å². The summed E-state index contributed by atoms with van der Waals surface area (Å²) in [5, 5.41) is 6.75. The Morgan fingerprint density at radius 3 is 2.50 bits per heavy atom. The molecule has 36 heavy (non-hydrogen) atoms. The van der Waals surface area contributed by atoms with E-state index in [1.807, 2.05) is 0 Å². The molecule has 8 nitrogen and oxygen atoms in total. The summed E-state index contributed by atoms with van der Waals surface area (Å²) in [7, 11) is 4.58. The number of methoxy groups -OCH3 is 2. The number of aromatic nitrogens is 2. The van der Waals surface area contributed by atoms with Gasteiger partial charge in [-0.1, -0.05) is 11.6 Å². The first-order valence-electron chi connectivity index (χ1n) is 10.8. The first-order valence-corrected chi connectivity index (χ1v) is 11.2. The van der Waals surface area contributed by atoms with Crippen LogP contribution in [0.3, 0.4) is 0 Å². The lowest BCUT2D eigenvalue weighted by Crippen LogP contribution is -2.41. The summed E-state index contributed by atoms with van der Waals surface area (Å²) in [6, 6.07) is 7.10.